The van der Waals surface area contributed by atoms with E-state index in [-0.39, 0.29) is 40.2 Å². The second-order valence-corrected chi connectivity index (χ2v) is 8.39. The molecule has 3 rings (SSSR count). The van der Waals surface area contributed by atoms with Gasteiger partial charge in [0, 0.05) is 0 Å². The second-order valence-electron chi connectivity index (χ2n) is 8.39. The third kappa shape index (κ3) is 6.76. The average molecular weight is 519 g/mol. The fraction of sp³-hybridized carbons (Fsp3) is 0.241. The van der Waals surface area contributed by atoms with Crippen molar-refractivity contribution in [1.82, 2.24) is 0 Å². The van der Waals surface area contributed by atoms with Gasteiger partial charge in [0.05, 0.1) is 47.3 Å². The molecular weight excluding hydrogens is 488 g/mol. The Morgan fingerprint density at radius 2 is 1.53 bits per heavy atom. The predicted molar refractivity (Wildman–Crippen MR) is 143 cm³/mol. The summed E-state index contributed by atoms with van der Waals surface area (Å²) in [6, 6.07) is 15.2. The fourth-order valence-corrected chi connectivity index (χ4v) is 3.78. The van der Waals surface area contributed by atoms with E-state index < -0.39 is 23.5 Å². The van der Waals surface area contributed by atoms with Crippen molar-refractivity contribution in [2.24, 2.45) is 0 Å². The summed E-state index contributed by atoms with van der Waals surface area (Å²) in [5, 5.41) is 15.6. The van der Waals surface area contributed by atoms with E-state index in [0.717, 1.165) is 19.3 Å². The Morgan fingerprint density at radius 1 is 0.842 bits per heavy atom. The van der Waals surface area contributed by atoms with Crippen LogP contribution in [0.3, 0.4) is 0 Å². The van der Waals surface area contributed by atoms with Gasteiger partial charge in [-0.3, -0.25) is 14.4 Å². The topological polar surface area (TPSA) is 131 Å². The summed E-state index contributed by atoms with van der Waals surface area (Å²) in [4.78, 5) is 50.4. The molecule has 0 saturated carbocycles. The molecule has 0 aliphatic rings. The SMILES string of the molecule is CCCCCCOC(=O)c1cccc(NC(=O)c2cccc(C=O)c2O)c1NC(=O)c1ccccc1OC. The number of benzene rings is 3. The van der Waals surface area contributed by atoms with Crippen LogP contribution < -0.4 is 15.4 Å². The van der Waals surface area contributed by atoms with Gasteiger partial charge in [-0.25, -0.2) is 4.79 Å². The lowest BCUT2D eigenvalue weighted by Gasteiger charge is -2.17. The van der Waals surface area contributed by atoms with E-state index in [2.05, 4.69) is 17.6 Å². The number of hydrogen-bond acceptors (Lipinski definition) is 7. The zero-order valence-corrected chi connectivity index (χ0v) is 21.3. The molecule has 0 fully saturated rings. The van der Waals surface area contributed by atoms with Crippen molar-refractivity contribution in [3.05, 3.63) is 82.9 Å². The lowest BCUT2D eigenvalue weighted by atomic mass is 10.1. The van der Waals surface area contributed by atoms with Crippen LogP contribution in [0.1, 0.15) is 74.0 Å². The molecule has 0 aliphatic carbocycles. The van der Waals surface area contributed by atoms with Gasteiger partial charge >= 0.3 is 5.97 Å². The quantitative estimate of drug-likeness (QED) is 0.165. The smallest absolute Gasteiger partial charge is 0.340 e. The fourth-order valence-electron chi connectivity index (χ4n) is 3.78. The van der Waals surface area contributed by atoms with Crippen LogP contribution in [0.4, 0.5) is 11.4 Å². The first-order valence-corrected chi connectivity index (χ1v) is 12.2. The highest BCUT2D eigenvalue weighted by atomic mass is 16.5. The molecule has 2 amide bonds. The Balaban J connectivity index is 1.96. The van der Waals surface area contributed by atoms with Crippen molar-refractivity contribution in [3.8, 4) is 11.5 Å². The van der Waals surface area contributed by atoms with Crippen molar-refractivity contribution in [3.63, 3.8) is 0 Å². The molecule has 9 heteroatoms. The van der Waals surface area contributed by atoms with Crippen LogP contribution in [0.25, 0.3) is 0 Å². The number of phenolic OH excluding ortho intramolecular Hbond substituents is 1. The first kappa shape index (κ1) is 27.9. The number of para-hydroxylation sites is 3. The summed E-state index contributed by atoms with van der Waals surface area (Å²) in [5.41, 5.74) is 0.151. The number of nitrogens with one attached hydrogen (secondary N) is 2. The van der Waals surface area contributed by atoms with E-state index in [9.17, 15) is 24.3 Å². The zero-order valence-electron chi connectivity index (χ0n) is 21.3. The zero-order chi connectivity index (χ0) is 27.5. The number of hydrogen-bond donors (Lipinski definition) is 3. The third-order valence-corrected chi connectivity index (χ3v) is 5.79. The number of aldehydes is 1. The highest BCUT2D eigenvalue weighted by Gasteiger charge is 2.23. The van der Waals surface area contributed by atoms with E-state index >= 15 is 0 Å². The number of carbonyl (C=O) groups is 4. The number of unbranched alkanes of at least 4 members (excludes halogenated alkanes) is 3. The first-order valence-electron chi connectivity index (χ1n) is 12.2. The highest BCUT2D eigenvalue weighted by molar-refractivity contribution is 6.15. The third-order valence-electron chi connectivity index (χ3n) is 5.79. The Hall–Kier alpha value is -4.66. The molecule has 0 unspecified atom stereocenters. The number of carbonyl (C=O) groups excluding carboxylic acids is 4. The van der Waals surface area contributed by atoms with E-state index in [0.29, 0.717) is 18.5 Å². The normalized spacial score (nSPS) is 10.4. The largest absolute Gasteiger partial charge is 0.506 e. The van der Waals surface area contributed by atoms with E-state index in [1.54, 1.807) is 24.3 Å². The first-order chi connectivity index (χ1) is 18.4. The van der Waals surface area contributed by atoms with Crippen LogP contribution in [-0.4, -0.2) is 42.9 Å². The number of esters is 1. The van der Waals surface area contributed by atoms with Gasteiger partial charge in [0.15, 0.2) is 6.29 Å². The minimum atomic E-state index is -0.746. The monoisotopic (exact) mass is 518 g/mol. The van der Waals surface area contributed by atoms with Crippen LogP contribution in [0.5, 0.6) is 11.5 Å². The van der Waals surface area contributed by atoms with E-state index in [1.165, 1.54) is 43.5 Å². The summed E-state index contributed by atoms with van der Waals surface area (Å²) in [6.07, 6.45) is 4.12. The van der Waals surface area contributed by atoms with Gasteiger partial charge in [-0.2, -0.15) is 0 Å². The molecule has 9 nitrogen and oxygen atoms in total. The lowest BCUT2D eigenvalue weighted by Crippen LogP contribution is -2.20. The van der Waals surface area contributed by atoms with Crippen molar-refractivity contribution in [2.45, 2.75) is 32.6 Å². The molecule has 3 N–H and O–H groups in total. The molecule has 0 radical (unpaired) electrons. The van der Waals surface area contributed by atoms with Gasteiger partial charge in [-0.1, -0.05) is 50.5 Å². The van der Waals surface area contributed by atoms with Crippen LogP contribution in [0, 0.1) is 0 Å². The number of aromatic hydroxyl groups is 1. The Bertz CT molecular complexity index is 1320. The van der Waals surface area contributed by atoms with Gasteiger partial charge in [-0.15, -0.1) is 0 Å². The molecule has 3 aromatic rings. The number of ether oxygens (including phenoxy) is 2. The van der Waals surface area contributed by atoms with E-state index in [1.807, 2.05) is 0 Å². The number of amides is 2. The van der Waals surface area contributed by atoms with Crippen LogP contribution in [0.15, 0.2) is 60.7 Å². The van der Waals surface area contributed by atoms with Gasteiger partial charge in [0.2, 0.25) is 0 Å². The van der Waals surface area contributed by atoms with Gasteiger partial charge in [0.1, 0.15) is 11.5 Å². The number of methoxy groups -OCH3 is 1. The Morgan fingerprint density at radius 3 is 2.26 bits per heavy atom. The van der Waals surface area contributed by atoms with Crippen molar-refractivity contribution >= 4 is 35.4 Å². The predicted octanol–water partition coefficient (Wildman–Crippen LogP) is 5.46. The maximum atomic E-state index is 13.2. The minimum Gasteiger partial charge on any atom is -0.506 e. The second kappa shape index (κ2) is 13.6. The molecule has 0 heterocycles. The standard InChI is InChI=1S/C29H30N2O7/c1-3-4-5-8-17-38-29(36)21-13-10-15-23(30-28(35)22-14-9-11-19(18-32)26(22)33)25(21)31-27(34)20-12-6-7-16-24(20)37-2/h6-7,9-16,18,33H,3-5,8,17H2,1-2H3,(H,30,35)(H,31,34). The van der Waals surface area contributed by atoms with Crippen LogP contribution >= 0.6 is 0 Å². The lowest BCUT2D eigenvalue weighted by molar-refractivity contribution is 0.0498. The Kier molecular flexibility index (Phi) is 9.99. The van der Waals surface area contributed by atoms with Crippen LogP contribution in [-0.2, 0) is 4.74 Å². The minimum absolute atomic E-state index is 0.0151. The van der Waals surface area contributed by atoms with Gasteiger partial charge in [-0.05, 0) is 42.8 Å². The molecule has 198 valence electrons. The maximum Gasteiger partial charge on any atom is 0.340 e. The van der Waals surface area contributed by atoms with Crippen molar-refractivity contribution in [1.29, 1.82) is 0 Å². The summed E-state index contributed by atoms with van der Waals surface area (Å²) in [5.74, 6) is -2.15. The summed E-state index contributed by atoms with van der Waals surface area (Å²) in [6.45, 7) is 2.29. The van der Waals surface area contributed by atoms with Crippen molar-refractivity contribution < 1.29 is 33.8 Å². The molecule has 0 spiro atoms. The maximum absolute atomic E-state index is 13.2. The van der Waals surface area contributed by atoms with Crippen LogP contribution in [0.2, 0.25) is 0 Å². The van der Waals surface area contributed by atoms with E-state index in [4.69, 9.17) is 9.47 Å². The van der Waals surface area contributed by atoms with Gasteiger partial charge in [0.25, 0.3) is 11.8 Å². The number of phenols is 1. The molecular formula is C29H30N2O7. The molecule has 0 aromatic heterocycles. The molecule has 0 saturated heterocycles. The average Bonchev–Trinajstić information content (AvgIpc) is 2.93. The summed E-state index contributed by atoms with van der Waals surface area (Å²) < 4.78 is 10.7. The molecule has 0 bridgehead atoms. The number of anilines is 2. The molecule has 3 aromatic carbocycles. The number of rotatable bonds is 12. The summed E-state index contributed by atoms with van der Waals surface area (Å²) in [7, 11) is 1.43. The summed E-state index contributed by atoms with van der Waals surface area (Å²) >= 11 is 0. The molecule has 0 aliphatic heterocycles. The molecule has 0 atom stereocenters. The molecule has 38 heavy (non-hydrogen) atoms. The van der Waals surface area contributed by atoms with Crippen molar-refractivity contribution in [2.75, 3.05) is 24.4 Å². The Labute approximate surface area is 220 Å². The highest BCUT2D eigenvalue weighted by Crippen LogP contribution is 2.31. The van der Waals surface area contributed by atoms with Gasteiger partial charge < -0.3 is 25.2 Å².